The Labute approximate surface area is 78.0 Å². The Bertz CT molecular complexity index is 271. The minimum Gasteiger partial charge on any atom is -0.388 e. The van der Waals surface area contributed by atoms with Gasteiger partial charge in [0.1, 0.15) is 0 Å². The molecule has 0 amide bonds. The van der Waals surface area contributed by atoms with Crippen LogP contribution in [0.5, 0.6) is 0 Å². The molecule has 0 heterocycles. The van der Waals surface area contributed by atoms with Crippen molar-refractivity contribution in [3.8, 4) is 0 Å². The van der Waals surface area contributed by atoms with Crippen LogP contribution in [0.4, 0.5) is 0 Å². The smallest absolute Gasteiger partial charge is 0.0788 e. The lowest BCUT2D eigenvalue weighted by Gasteiger charge is -2.08. The molecule has 0 saturated heterocycles. The van der Waals surface area contributed by atoms with Crippen molar-refractivity contribution in [1.29, 1.82) is 0 Å². The predicted molar refractivity (Wildman–Crippen MR) is 51.4 cm³/mol. The number of halogens is 1. The number of rotatable bonds is 2. The fourth-order valence-corrected chi connectivity index (χ4v) is 1.24. The first-order valence-electron chi connectivity index (χ1n) is 4.09. The van der Waals surface area contributed by atoms with Crippen molar-refractivity contribution in [3.63, 3.8) is 0 Å². The lowest BCUT2D eigenvalue weighted by atomic mass is 10.1. The third-order valence-electron chi connectivity index (χ3n) is 1.97. The molecule has 1 N–H and O–H groups in total. The number of aliphatic hydroxyl groups excluding tert-OH is 1. The molecule has 0 aliphatic rings. The van der Waals surface area contributed by atoms with Gasteiger partial charge >= 0.3 is 0 Å². The number of hydrogen-bond acceptors (Lipinski definition) is 1. The highest BCUT2D eigenvalue weighted by molar-refractivity contribution is 6.31. The molecule has 1 aromatic rings. The van der Waals surface area contributed by atoms with E-state index in [1.807, 2.05) is 32.0 Å². The molecule has 0 spiro atoms. The van der Waals surface area contributed by atoms with E-state index < -0.39 is 0 Å². The fraction of sp³-hybridized carbons (Fsp3) is 0.400. The summed E-state index contributed by atoms with van der Waals surface area (Å²) in [6, 6.07) is 5.66. The molecule has 0 aliphatic heterocycles. The molecule has 66 valence electrons. The largest absolute Gasteiger partial charge is 0.388 e. The molecule has 0 fully saturated rings. The van der Waals surface area contributed by atoms with Crippen LogP contribution in [0.1, 0.15) is 30.6 Å². The zero-order chi connectivity index (χ0) is 9.14. The quantitative estimate of drug-likeness (QED) is 0.749. The van der Waals surface area contributed by atoms with E-state index in [1.54, 1.807) is 0 Å². The van der Waals surface area contributed by atoms with Gasteiger partial charge in [-0.15, -0.1) is 0 Å². The normalized spacial score (nSPS) is 13.0. The number of aliphatic hydroxyl groups is 1. The van der Waals surface area contributed by atoms with Gasteiger partial charge in [0.25, 0.3) is 0 Å². The standard InChI is InChI=1S/C10H13ClO/c1-3-10(12)8-5-4-7(2)9(11)6-8/h4-6,10,12H,3H2,1-2H3/t10-/m1/s1. The van der Waals surface area contributed by atoms with Crippen molar-refractivity contribution in [2.24, 2.45) is 0 Å². The van der Waals surface area contributed by atoms with Gasteiger partial charge in [-0.2, -0.15) is 0 Å². The SMILES string of the molecule is CC[C@@H](O)c1ccc(C)c(Cl)c1. The summed E-state index contributed by atoms with van der Waals surface area (Å²) in [5.41, 5.74) is 1.94. The monoisotopic (exact) mass is 184 g/mol. The molecule has 0 unspecified atom stereocenters. The van der Waals surface area contributed by atoms with Crippen molar-refractivity contribution in [3.05, 3.63) is 34.3 Å². The van der Waals surface area contributed by atoms with Crippen LogP contribution in [0.15, 0.2) is 18.2 Å². The Kier molecular flexibility index (Phi) is 3.12. The number of hydrogen-bond donors (Lipinski definition) is 1. The van der Waals surface area contributed by atoms with Crippen LogP contribution in [0.2, 0.25) is 5.02 Å². The average Bonchev–Trinajstić information content (AvgIpc) is 2.08. The first kappa shape index (κ1) is 9.56. The summed E-state index contributed by atoms with van der Waals surface area (Å²) < 4.78 is 0. The first-order valence-corrected chi connectivity index (χ1v) is 4.47. The molecular weight excluding hydrogens is 172 g/mol. The van der Waals surface area contributed by atoms with Gasteiger partial charge in [-0.05, 0) is 30.5 Å². The van der Waals surface area contributed by atoms with Crippen LogP contribution >= 0.6 is 11.6 Å². The van der Waals surface area contributed by atoms with E-state index >= 15 is 0 Å². The van der Waals surface area contributed by atoms with Crippen LogP contribution in [0.25, 0.3) is 0 Å². The van der Waals surface area contributed by atoms with Gasteiger partial charge in [0.2, 0.25) is 0 Å². The molecule has 2 heteroatoms. The average molecular weight is 185 g/mol. The Hall–Kier alpha value is -0.530. The molecule has 1 rings (SSSR count). The molecule has 12 heavy (non-hydrogen) atoms. The lowest BCUT2D eigenvalue weighted by molar-refractivity contribution is 0.173. The van der Waals surface area contributed by atoms with Crippen molar-refractivity contribution in [2.45, 2.75) is 26.4 Å². The molecule has 0 radical (unpaired) electrons. The molecule has 0 bridgehead atoms. The van der Waals surface area contributed by atoms with Gasteiger partial charge in [-0.25, -0.2) is 0 Å². The third kappa shape index (κ3) is 1.99. The molecular formula is C10H13ClO. The third-order valence-corrected chi connectivity index (χ3v) is 2.37. The maximum absolute atomic E-state index is 9.49. The minimum absolute atomic E-state index is 0.386. The van der Waals surface area contributed by atoms with Crippen LogP contribution in [-0.4, -0.2) is 5.11 Å². The second-order valence-corrected chi connectivity index (χ2v) is 3.34. The molecule has 0 aliphatic carbocycles. The van der Waals surface area contributed by atoms with Crippen LogP contribution in [-0.2, 0) is 0 Å². The molecule has 1 aromatic carbocycles. The van der Waals surface area contributed by atoms with Gasteiger partial charge < -0.3 is 5.11 Å². The fourth-order valence-electron chi connectivity index (χ4n) is 1.05. The minimum atomic E-state index is -0.386. The molecule has 1 atom stereocenters. The maximum Gasteiger partial charge on any atom is 0.0788 e. The van der Waals surface area contributed by atoms with E-state index in [0.29, 0.717) is 0 Å². The Balaban J connectivity index is 2.96. The van der Waals surface area contributed by atoms with Gasteiger partial charge in [0.05, 0.1) is 6.10 Å². The van der Waals surface area contributed by atoms with E-state index in [1.165, 1.54) is 0 Å². The summed E-state index contributed by atoms with van der Waals surface area (Å²) in [5, 5.41) is 10.2. The summed E-state index contributed by atoms with van der Waals surface area (Å²) in [6.07, 6.45) is 0.336. The predicted octanol–water partition coefficient (Wildman–Crippen LogP) is 3.09. The zero-order valence-electron chi connectivity index (χ0n) is 7.34. The number of aryl methyl sites for hydroxylation is 1. The van der Waals surface area contributed by atoms with Crippen molar-refractivity contribution < 1.29 is 5.11 Å². The van der Waals surface area contributed by atoms with Gasteiger partial charge in [0, 0.05) is 5.02 Å². The Morgan fingerprint density at radius 3 is 2.67 bits per heavy atom. The maximum atomic E-state index is 9.49. The summed E-state index contributed by atoms with van der Waals surface area (Å²) in [7, 11) is 0. The van der Waals surface area contributed by atoms with Crippen LogP contribution in [0.3, 0.4) is 0 Å². The summed E-state index contributed by atoms with van der Waals surface area (Å²) in [6.45, 7) is 3.89. The van der Waals surface area contributed by atoms with Crippen molar-refractivity contribution in [2.75, 3.05) is 0 Å². The summed E-state index contributed by atoms with van der Waals surface area (Å²) >= 11 is 5.90. The van der Waals surface area contributed by atoms with E-state index in [9.17, 15) is 5.11 Å². The highest BCUT2D eigenvalue weighted by Gasteiger charge is 2.05. The van der Waals surface area contributed by atoms with Crippen LogP contribution < -0.4 is 0 Å². The van der Waals surface area contributed by atoms with E-state index in [2.05, 4.69) is 0 Å². The van der Waals surface area contributed by atoms with Gasteiger partial charge in [-0.1, -0.05) is 30.7 Å². The number of benzene rings is 1. The molecule has 0 aromatic heterocycles. The first-order chi connectivity index (χ1) is 5.65. The highest BCUT2D eigenvalue weighted by Crippen LogP contribution is 2.22. The molecule has 0 saturated carbocycles. The van der Waals surface area contributed by atoms with Crippen LogP contribution in [0, 0.1) is 6.92 Å². The summed E-state index contributed by atoms with van der Waals surface area (Å²) in [5.74, 6) is 0. The van der Waals surface area contributed by atoms with E-state index in [-0.39, 0.29) is 6.10 Å². The second-order valence-electron chi connectivity index (χ2n) is 2.93. The van der Waals surface area contributed by atoms with Gasteiger partial charge in [-0.3, -0.25) is 0 Å². The second kappa shape index (κ2) is 3.92. The topological polar surface area (TPSA) is 20.2 Å². The lowest BCUT2D eigenvalue weighted by Crippen LogP contribution is -1.94. The van der Waals surface area contributed by atoms with Crippen molar-refractivity contribution in [1.82, 2.24) is 0 Å². The van der Waals surface area contributed by atoms with E-state index in [4.69, 9.17) is 11.6 Å². The Morgan fingerprint density at radius 1 is 1.50 bits per heavy atom. The molecule has 1 nitrogen and oxygen atoms in total. The van der Waals surface area contributed by atoms with Gasteiger partial charge in [0.15, 0.2) is 0 Å². The highest BCUT2D eigenvalue weighted by atomic mass is 35.5. The Morgan fingerprint density at radius 2 is 2.17 bits per heavy atom. The zero-order valence-corrected chi connectivity index (χ0v) is 8.10. The summed E-state index contributed by atoms with van der Waals surface area (Å²) in [4.78, 5) is 0. The van der Waals surface area contributed by atoms with Crippen molar-refractivity contribution >= 4 is 11.6 Å². The van der Waals surface area contributed by atoms with E-state index in [0.717, 1.165) is 22.6 Å².